The van der Waals surface area contributed by atoms with E-state index in [1.807, 2.05) is 30.3 Å². The second-order valence-corrected chi connectivity index (χ2v) is 10.2. The third-order valence-electron chi connectivity index (χ3n) is 5.67. The molecule has 3 rings (SSSR count). The number of benzene rings is 3. The molecular weight excluding hydrogens is 439 g/mol. The summed E-state index contributed by atoms with van der Waals surface area (Å²) in [5.41, 5.74) is 3.22. The summed E-state index contributed by atoms with van der Waals surface area (Å²) < 4.78 is 37.4. The lowest BCUT2D eigenvalue weighted by Crippen LogP contribution is -2.38. The first-order valence-electron chi connectivity index (χ1n) is 10.8. The maximum absolute atomic E-state index is 13.9. The van der Waals surface area contributed by atoms with Crippen LogP contribution in [-0.4, -0.2) is 27.6 Å². The van der Waals surface area contributed by atoms with Crippen molar-refractivity contribution < 1.29 is 17.6 Å². The largest absolute Gasteiger partial charge is 0.358 e. The van der Waals surface area contributed by atoms with Crippen LogP contribution in [0.5, 0.6) is 0 Å². The van der Waals surface area contributed by atoms with E-state index in [1.54, 1.807) is 50.4 Å². The molecule has 0 fully saturated rings. The van der Waals surface area contributed by atoms with Crippen LogP contribution in [0.15, 0.2) is 77.7 Å². The minimum atomic E-state index is -3.25. The molecule has 0 spiro atoms. The molecule has 174 valence electrons. The number of nitrogens with one attached hydrogen (secondary N) is 2. The fraction of sp³-hybridized carbons (Fsp3) is 0.269. The van der Waals surface area contributed by atoms with E-state index in [1.165, 1.54) is 12.3 Å². The number of carbonyl (C=O) groups is 1. The Morgan fingerprint density at radius 2 is 1.64 bits per heavy atom. The number of sulfone groups is 1. The van der Waals surface area contributed by atoms with Crippen LogP contribution in [0.25, 0.3) is 0 Å². The van der Waals surface area contributed by atoms with E-state index < -0.39 is 15.9 Å². The number of hydrogen-bond acceptors (Lipinski definition) is 4. The van der Waals surface area contributed by atoms with Gasteiger partial charge in [-0.3, -0.25) is 10.1 Å². The van der Waals surface area contributed by atoms with Gasteiger partial charge in [-0.15, -0.1) is 0 Å². The maximum Gasteiger partial charge on any atom is 0.241 e. The minimum Gasteiger partial charge on any atom is -0.358 e. The molecule has 0 radical (unpaired) electrons. The van der Waals surface area contributed by atoms with Crippen molar-refractivity contribution in [3.8, 4) is 0 Å². The Kier molecular flexibility index (Phi) is 8.00. The molecule has 3 aromatic carbocycles. The van der Waals surface area contributed by atoms with E-state index in [2.05, 4.69) is 10.6 Å². The van der Waals surface area contributed by atoms with E-state index in [0.29, 0.717) is 18.4 Å². The number of amides is 1. The Morgan fingerprint density at radius 3 is 2.21 bits per heavy atom. The summed E-state index contributed by atoms with van der Waals surface area (Å²) in [4.78, 5) is 13.0. The lowest BCUT2D eigenvalue weighted by molar-refractivity contribution is -0.123. The van der Waals surface area contributed by atoms with Crippen molar-refractivity contribution in [3.63, 3.8) is 0 Å². The molecule has 2 atom stereocenters. The molecule has 0 saturated carbocycles. The van der Waals surface area contributed by atoms with Crippen LogP contribution in [0.3, 0.4) is 0 Å². The molecule has 0 saturated heterocycles. The number of likely N-dealkylation sites (N-methyl/N-ethyl adjacent to an activating group) is 1. The predicted molar refractivity (Wildman–Crippen MR) is 128 cm³/mol. The molecule has 0 aliphatic rings. The van der Waals surface area contributed by atoms with Crippen molar-refractivity contribution in [2.24, 2.45) is 0 Å². The summed E-state index contributed by atoms with van der Waals surface area (Å²) in [7, 11) is -1.66. The fourth-order valence-electron chi connectivity index (χ4n) is 3.76. The monoisotopic (exact) mass is 468 g/mol. The number of halogens is 1. The van der Waals surface area contributed by atoms with Crippen molar-refractivity contribution in [1.82, 2.24) is 10.6 Å². The van der Waals surface area contributed by atoms with E-state index in [9.17, 15) is 17.6 Å². The van der Waals surface area contributed by atoms with Gasteiger partial charge in [0.1, 0.15) is 11.9 Å². The molecule has 1 amide bonds. The van der Waals surface area contributed by atoms with Gasteiger partial charge in [0.05, 0.1) is 4.90 Å². The number of aryl methyl sites for hydroxylation is 2. The minimum absolute atomic E-state index is 0.164. The van der Waals surface area contributed by atoms with Gasteiger partial charge in [0.2, 0.25) is 5.91 Å². The van der Waals surface area contributed by atoms with Gasteiger partial charge in [-0.1, -0.05) is 54.6 Å². The number of rotatable bonds is 9. The van der Waals surface area contributed by atoms with E-state index in [4.69, 9.17) is 0 Å². The third-order valence-corrected chi connectivity index (χ3v) is 6.80. The van der Waals surface area contributed by atoms with Crippen LogP contribution in [0, 0.1) is 12.7 Å². The average Bonchev–Trinajstić information content (AvgIpc) is 2.81. The lowest BCUT2D eigenvalue weighted by Gasteiger charge is -2.26. The molecule has 5 nitrogen and oxygen atoms in total. The van der Waals surface area contributed by atoms with Crippen LogP contribution in [0.1, 0.15) is 40.8 Å². The Bertz CT molecular complexity index is 1200. The van der Waals surface area contributed by atoms with E-state index in [0.717, 1.165) is 16.7 Å². The molecule has 0 aliphatic heterocycles. The molecule has 3 aromatic rings. The van der Waals surface area contributed by atoms with Gasteiger partial charge in [0.15, 0.2) is 9.84 Å². The standard InChI is InChI=1S/C26H29FN2O3S/c1-18-17-21(12-15-23(18)27)24(16-11-19-9-13-22(14-10-19)33(3,31)32)29-25(26(30)28-2)20-7-5-4-6-8-20/h4-10,12-15,17,24-25,29H,11,16H2,1-3H3,(H,28,30)/t24-,25?/m0/s1. The van der Waals surface area contributed by atoms with Gasteiger partial charge in [0.25, 0.3) is 0 Å². The van der Waals surface area contributed by atoms with Gasteiger partial charge in [-0.05, 0) is 60.2 Å². The molecular formula is C26H29FN2O3S. The van der Waals surface area contributed by atoms with Gasteiger partial charge in [0, 0.05) is 19.3 Å². The van der Waals surface area contributed by atoms with Crippen molar-refractivity contribution in [3.05, 3.63) is 101 Å². The highest BCUT2D eigenvalue weighted by atomic mass is 32.2. The average molecular weight is 469 g/mol. The summed E-state index contributed by atoms with van der Waals surface area (Å²) in [6.45, 7) is 1.72. The van der Waals surface area contributed by atoms with E-state index in [-0.39, 0.29) is 22.7 Å². The van der Waals surface area contributed by atoms with Crippen molar-refractivity contribution >= 4 is 15.7 Å². The molecule has 7 heteroatoms. The molecule has 0 aromatic heterocycles. The van der Waals surface area contributed by atoms with Gasteiger partial charge in [-0.2, -0.15) is 0 Å². The molecule has 2 N–H and O–H groups in total. The molecule has 0 heterocycles. The highest BCUT2D eigenvalue weighted by Gasteiger charge is 2.24. The van der Waals surface area contributed by atoms with Crippen molar-refractivity contribution in [2.45, 2.75) is 36.7 Å². The molecule has 0 bridgehead atoms. The molecule has 0 aliphatic carbocycles. The lowest BCUT2D eigenvalue weighted by atomic mass is 9.95. The molecule has 33 heavy (non-hydrogen) atoms. The second-order valence-electron chi connectivity index (χ2n) is 8.14. The van der Waals surface area contributed by atoms with E-state index >= 15 is 0 Å². The Hall–Kier alpha value is -3.03. The predicted octanol–water partition coefficient (Wildman–Crippen LogP) is 4.29. The smallest absolute Gasteiger partial charge is 0.241 e. The summed E-state index contributed by atoms with van der Waals surface area (Å²) in [6, 6.07) is 20.4. The SMILES string of the molecule is CNC(=O)C(N[C@@H](CCc1ccc(S(C)(=O)=O)cc1)c1ccc(F)c(C)c1)c1ccccc1. The van der Waals surface area contributed by atoms with Crippen LogP contribution < -0.4 is 10.6 Å². The van der Waals surface area contributed by atoms with Crippen LogP contribution >= 0.6 is 0 Å². The first-order chi connectivity index (χ1) is 15.7. The van der Waals surface area contributed by atoms with Crippen LogP contribution in [0.4, 0.5) is 4.39 Å². The zero-order valence-corrected chi connectivity index (χ0v) is 19.8. The molecule has 1 unspecified atom stereocenters. The highest BCUT2D eigenvalue weighted by Crippen LogP contribution is 2.26. The first kappa shape index (κ1) is 24.6. The van der Waals surface area contributed by atoms with Crippen LogP contribution in [-0.2, 0) is 21.1 Å². The maximum atomic E-state index is 13.9. The topological polar surface area (TPSA) is 75.3 Å². The van der Waals surface area contributed by atoms with Crippen LogP contribution in [0.2, 0.25) is 0 Å². The van der Waals surface area contributed by atoms with Crippen molar-refractivity contribution in [1.29, 1.82) is 0 Å². The van der Waals surface area contributed by atoms with Crippen molar-refractivity contribution in [2.75, 3.05) is 13.3 Å². The number of hydrogen-bond donors (Lipinski definition) is 2. The van der Waals surface area contributed by atoms with Gasteiger partial charge >= 0.3 is 0 Å². The summed E-state index contributed by atoms with van der Waals surface area (Å²) in [5.74, 6) is -0.442. The Labute approximate surface area is 195 Å². The summed E-state index contributed by atoms with van der Waals surface area (Å²) in [6.07, 6.45) is 2.46. The second kappa shape index (κ2) is 10.7. The Balaban J connectivity index is 1.88. The fourth-order valence-corrected chi connectivity index (χ4v) is 4.39. The summed E-state index contributed by atoms with van der Waals surface area (Å²) in [5, 5.41) is 6.18. The van der Waals surface area contributed by atoms with Gasteiger partial charge < -0.3 is 5.32 Å². The third kappa shape index (κ3) is 6.49. The highest BCUT2D eigenvalue weighted by molar-refractivity contribution is 7.90. The number of carbonyl (C=O) groups excluding carboxylic acids is 1. The zero-order valence-electron chi connectivity index (χ0n) is 19.0. The Morgan fingerprint density at radius 1 is 0.970 bits per heavy atom. The first-order valence-corrected chi connectivity index (χ1v) is 12.7. The quantitative estimate of drug-likeness (QED) is 0.491. The zero-order chi connectivity index (χ0) is 24.0. The van der Waals surface area contributed by atoms with Gasteiger partial charge in [-0.25, -0.2) is 12.8 Å². The summed E-state index contributed by atoms with van der Waals surface area (Å²) >= 11 is 0. The normalized spacial score (nSPS) is 13.3.